The lowest BCUT2D eigenvalue weighted by molar-refractivity contribution is 0.0832. The predicted octanol–water partition coefficient (Wildman–Crippen LogP) is 5.08. The Morgan fingerprint density at radius 3 is 2.56 bits per heavy atom. The SMILES string of the molecule is CS(=O)NC(=O)c1cc(C2CC2)c(OC2CCCN(Cc3cc(Cl)cc(Cl)c3)C2)cc1F. The van der Waals surface area contributed by atoms with Gasteiger partial charge in [0.2, 0.25) is 0 Å². The van der Waals surface area contributed by atoms with Crippen LogP contribution >= 0.6 is 23.2 Å². The molecule has 1 heterocycles. The molecule has 2 atom stereocenters. The van der Waals surface area contributed by atoms with Gasteiger partial charge in [-0.1, -0.05) is 23.2 Å². The number of nitrogens with one attached hydrogen (secondary N) is 1. The summed E-state index contributed by atoms with van der Waals surface area (Å²) < 4.78 is 34.6. The van der Waals surface area contributed by atoms with E-state index in [-0.39, 0.29) is 17.6 Å². The molecule has 1 amide bonds. The quantitative estimate of drug-likeness (QED) is 0.578. The number of carbonyl (C=O) groups excluding carboxylic acids is 1. The summed E-state index contributed by atoms with van der Waals surface area (Å²) in [5.74, 6) is -0.594. The van der Waals surface area contributed by atoms with Crippen LogP contribution in [0.2, 0.25) is 10.0 Å². The molecular formula is C23H25Cl2FN2O3S. The second kappa shape index (κ2) is 10.1. The van der Waals surface area contributed by atoms with Crippen molar-refractivity contribution in [1.82, 2.24) is 9.62 Å². The summed E-state index contributed by atoms with van der Waals surface area (Å²) in [6.45, 7) is 2.34. The van der Waals surface area contributed by atoms with Gasteiger partial charge in [-0.3, -0.25) is 14.4 Å². The number of amides is 1. The summed E-state index contributed by atoms with van der Waals surface area (Å²) in [7, 11) is -1.56. The molecule has 2 fully saturated rings. The number of likely N-dealkylation sites (tertiary alicyclic amines) is 1. The Morgan fingerprint density at radius 2 is 1.91 bits per heavy atom. The van der Waals surface area contributed by atoms with E-state index in [4.69, 9.17) is 27.9 Å². The number of hydrogen-bond donors (Lipinski definition) is 1. The molecule has 9 heteroatoms. The number of halogens is 3. The Kier molecular flexibility index (Phi) is 7.40. The fraction of sp³-hybridized carbons (Fsp3) is 0.435. The van der Waals surface area contributed by atoms with E-state index in [2.05, 4.69) is 9.62 Å². The number of piperidine rings is 1. The van der Waals surface area contributed by atoms with Gasteiger partial charge in [0.1, 0.15) is 28.7 Å². The Labute approximate surface area is 199 Å². The van der Waals surface area contributed by atoms with Crippen LogP contribution in [0.15, 0.2) is 30.3 Å². The zero-order valence-corrected chi connectivity index (χ0v) is 20.0. The van der Waals surface area contributed by atoms with Crippen molar-refractivity contribution >= 4 is 40.1 Å². The maximum atomic E-state index is 14.7. The third-order valence-electron chi connectivity index (χ3n) is 5.68. The Balaban J connectivity index is 1.48. The number of nitrogens with zero attached hydrogens (tertiary/aromatic N) is 1. The van der Waals surface area contributed by atoms with Gasteiger partial charge in [0.25, 0.3) is 5.91 Å². The third kappa shape index (κ3) is 6.01. The molecule has 0 bridgehead atoms. The fourth-order valence-electron chi connectivity index (χ4n) is 4.14. The van der Waals surface area contributed by atoms with E-state index in [1.807, 2.05) is 12.1 Å². The van der Waals surface area contributed by atoms with Crippen molar-refractivity contribution < 1.29 is 18.1 Å². The van der Waals surface area contributed by atoms with Crippen molar-refractivity contribution in [2.75, 3.05) is 19.3 Å². The predicted molar refractivity (Wildman–Crippen MR) is 125 cm³/mol. The summed E-state index contributed by atoms with van der Waals surface area (Å²) in [6.07, 6.45) is 5.04. The second-order valence-corrected chi connectivity index (χ2v) is 10.4. The van der Waals surface area contributed by atoms with E-state index in [1.165, 1.54) is 12.3 Å². The summed E-state index contributed by atoms with van der Waals surface area (Å²) in [6, 6.07) is 8.39. The van der Waals surface area contributed by atoms with E-state index in [9.17, 15) is 13.4 Å². The summed E-state index contributed by atoms with van der Waals surface area (Å²) >= 11 is 12.3. The lowest BCUT2D eigenvalue weighted by Gasteiger charge is -2.33. The van der Waals surface area contributed by atoms with Gasteiger partial charge in [-0.2, -0.15) is 0 Å². The molecule has 172 valence electrons. The van der Waals surface area contributed by atoms with Gasteiger partial charge in [-0.25, -0.2) is 8.60 Å². The Morgan fingerprint density at radius 1 is 1.19 bits per heavy atom. The van der Waals surface area contributed by atoms with Crippen molar-refractivity contribution in [3.8, 4) is 5.75 Å². The summed E-state index contributed by atoms with van der Waals surface area (Å²) in [5.41, 5.74) is 1.78. The van der Waals surface area contributed by atoms with Crippen molar-refractivity contribution in [1.29, 1.82) is 0 Å². The highest BCUT2D eigenvalue weighted by atomic mass is 35.5. The van der Waals surface area contributed by atoms with Gasteiger partial charge < -0.3 is 4.74 Å². The van der Waals surface area contributed by atoms with Gasteiger partial charge in [0.05, 0.1) is 5.56 Å². The number of carbonyl (C=O) groups is 1. The first-order valence-electron chi connectivity index (χ1n) is 10.6. The van der Waals surface area contributed by atoms with Gasteiger partial charge in [-0.05, 0) is 73.5 Å². The largest absolute Gasteiger partial charge is 0.489 e. The van der Waals surface area contributed by atoms with Crippen LogP contribution in [-0.2, 0) is 17.5 Å². The standard InChI is InChI=1S/C23H25Cl2FN2O3S/c1-32(30)27-23(29)20-10-19(15-4-5-15)22(11-21(20)26)31-18-3-2-6-28(13-18)12-14-7-16(24)9-17(25)8-14/h7-11,15,18H,2-6,12-13H2,1H3,(H,27,29). The molecule has 2 aromatic rings. The molecule has 0 radical (unpaired) electrons. The highest BCUT2D eigenvalue weighted by molar-refractivity contribution is 7.82. The average Bonchev–Trinajstić information content (AvgIpc) is 3.52. The molecule has 4 rings (SSSR count). The molecular weight excluding hydrogens is 474 g/mol. The van der Waals surface area contributed by atoms with Gasteiger partial charge in [-0.15, -0.1) is 0 Å². The average molecular weight is 499 g/mol. The molecule has 32 heavy (non-hydrogen) atoms. The van der Waals surface area contributed by atoms with Crippen molar-refractivity contribution in [3.63, 3.8) is 0 Å². The zero-order chi connectivity index (χ0) is 22.8. The first-order valence-corrected chi connectivity index (χ1v) is 12.9. The first kappa shape index (κ1) is 23.5. The smallest absolute Gasteiger partial charge is 0.265 e. The maximum absolute atomic E-state index is 14.7. The number of ether oxygens (including phenoxy) is 1. The lowest BCUT2D eigenvalue weighted by atomic mass is 10.0. The van der Waals surface area contributed by atoms with Crippen LogP contribution < -0.4 is 9.46 Å². The van der Waals surface area contributed by atoms with E-state index in [0.29, 0.717) is 28.9 Å². The highest BCUT2D eigenvalue weighted by Gasteiger charge is 2.31. The van der Waals surface area contributed by atoms with E-state index >= 15 is 0 Å². The van der Waals surface area contributed by atoms with Crippen LogP contribution in [-0.4, -0.2) is 40.5 Å². The summed E-state index contributed by atoms with van der Waals surface area (Å²) in [4.78, 5) is 14.5. The van der Waals surface area contributed by atoms with Crippen molar-refractivity contribution in [2.24, 2.45) is 0 Å². The van der Waals surface area contributed by atoms with Crippen LogP contribution in [0.25, 0.3) is 0 Å². The second-order valence-electron chi connectivity index (χ2n) is 8.42. The Bertz CT molecular complexity index is 1030. The molecule has 0 spiro atoms. The van der Waals surface area contributed by atoms with E-state index < -0.39 is 22.7 Å². The normalized spacial score (nSPS) is 20.1. The van der Waals surface area contributed by atoms with Crippen molar-refractivity contribution in [3.05, 3.63) is 62.9 Å². The molecule has 2 unspecified atom stereocenters. The minimum Gasteiger partial charge on any atom is -0.489 e. The molecule has 1 aliphatic carbocycles. The minimum absolute atomic E-state index is 0.0851. The molecule has 2 aromatic carbocycles. The first-order chi connectivity index (χ1) is 15.3. The molecule has 1 saturated carbocycles. The van der Waals surface area contributed by atoms with Gasteiger partial charge in [0, 0.05) is 35.5 Å². The monoisotopic (exact) mass is 498 g/mol. The van der Waals surface area contributed by atoms with E-state index in [0.717, 1.165) is 43.4 Å². The molecule has 2 aliphatic rings. The van der Waals surface area contributed by atoms with Crippen LogP contribution in [0.1, 0.15) is 53.1 Å². The van der Waals surface area contributed by atoms with E-state index in [1.54, 1.807) is 12.1 Å². The molecule has 1 N–H and O–H groups in total. The third-order valence-corrected chi connectivity index (χ3v) is 6.59. The number of benzene rings is 2. The summed E-state index contributed by atoms with van der Waals surface area (Å²) in [5, 5.41) is 1.22. The zero-order valence-electron chi connectivity index (χ0n) is 17.7. The van der Waals surface area contributed by atoms with Crippen LogP contribution in [0.5, 0.6) is 5.75 Å². The lowest BCUT2D eigenvalue weighted by Crippen LogP contribution is -2.40. The fourth-order valence-corrected chi connectivity index (χ4v) is 5.08. The van der Waals surface area contributed by atoms with Crippen molar-refractivity contribution in [2.45, 2.75) is 44.2 Å². The number of rotatable bonds is 7. The molecule has 5 nitrogen and oxygen atoms in total. The van der Waals surface area contributed by atoms with Gasteiger partial charge in [0.15, 0.2) is 0 Å². The van der Waals surface area contributed by atoms with Crippen LogP contribution in [0, 0.1) is 5.82 Å². The number of hydrogen-bond acceptors (Lipinski definition) is 4. The van der Waals surface area contributed by atoms with Gasteiger partial charge >= 0.3 is 0 Å². The molecule has 0 aromatic heterocycles. The highest BCUT2D eigenvalue weighted by Crippen LogP contribution is 2.45. The topological polar surface area (TPSA) is 58.6 Å². The maximum Gasteiger partial charge on any atom is 0.265 e. The molecule has 1 saturated heterocycles. The minimum atomic E-state index is -1.56. The van der Waals surface area contributed by atoms with Crippen LogP contribution in [0.3, 0.4) is 0 Å². The molecule has 1 aliphatic heterocycles. The Hall–Kier alpha value is -1.67. The van der Waals surface area contributed by atoms with Crippen LogP contribution in [0.4, 0.5) is 4.39 Å².